The predicted molar refractivity (Wildman–Crippen MR) is 277 cm³/mol. The van der Waals surface area contributed by atoms with Crippen LogP contribution in [0, 0.1) is 0 Å². The van der Waals surface area contributed by atoms with Gasteiger partial charge in [0.1, 0.15) is 46.0 Å². The van der Waals surface area contributed by atoms with Crippen molar-refractivity contribution in [3.05, 3.63) is 267 Å². The fourth-order valence-electron chi connectivity index (χ4n) is 8.37. The Balaban J connectivity index is 0.931. The SMILES string of the molecule is c1ccc(Oc2ccc(N(c3ccc(Oc4ccccc4)cc3)c3ccc4c(ccc5cc(N(c6ccc(Oc7ccccc7)cc6)c6ccc(Oc7ccccc7)cc6)ccc54)c3)cc2)cc1. The number of nitrogens with zero attached hydrogens (tertiary/aromatic N) is 2. The van der Waals surface area contributed by atoms with Crippen LogP contribution in [-0.4, -0.2) is 0 Å². The summed E-state index contributed by atoms with van der Waals surface area (Å²) in [6.45, 7) is 0. The van der Waals surface area contributed by atoms with Crippen LogP contribution in [0.25, 0.3) is 21.5 Å². The summed E-state index contributed by atoms with van der Waals surface area (Å²) < 4.78 is 24.7. The lowest BCUT2D eigenvalue weighted by atomic mass is 10.00. The Morgan fingerprint density at radius 1 is 0.191 bits per heavy atom. The predicted octanol–water partition coefficient (Wildman–Crippen LogP) is 18.1. The molecule has 11 aromatic carbocycles. The van der Waals surface area contributed by atoms with Crippen LogP contribution in [-0.2, 0) is 0 Å². The van der Waals surface area contributed by atoms with Crippen LogP contribution in [0.15, 0.2) is 267 Å². The van der Waals surface area contributed by atoms with E-state index in [1.807, 2.05) is 170 Å². The first kappa shape index (κ1) is 41.4. The molecule has 0 spiro atoms. The zero-order valence-electron chi connectivity index (χ0n) is 36.9. The highest BCUT2D eigenvalue weighted by Crippen LogP contribution is 2.42. The summed E-state index contributed by atoms with van der Waals surface area (Å²) in [6.07, 6.45) is 0. The fraction of sp³-hybridized carbons (Fsp3) is 0. The quantitative estimate of drug-likeness (QED) is 0.101. The first-order chi connectivity index (χ1) is 33.6. The van der Waals surface area contributed by atoms with Gasteiger partial charge in [0.2, 0.25) is 0 Å². The van der Waals surface area contributed by atoms with Crippen molar-refractivity contribution in [1.29, 1.82) is 0 Å². The molecule has 11 rings (SSSR count). The molecule has 0 heterocycles. The second-order valence-corrected chi connectivity index (χ2v) is 16.2. The number of para-hydroxylation sites is 4. The maximum atomic E-state index is 6.17. The zero-order valence-corrected chi connectivity index (χ0v) is 36.9. The van der Waals surface area contributed by atoms with Crippen LogP contribution in [0.3, 0.4) is 0 Å². The summed E-state index contributed by atoms with van der Waals surface area (Å²) in [4.78, 5) is 4.52. The molecule has 0 fully saturated rings. The van der Waals surface area contributed by atoms with Gasteiger partial charge in [-0.1, -0.05) is 97.1 Å². The van der Waals surface area contributed by atoms with Crippen LogP contribution in [0.4, 0.5) is 34.1 Å². The van der Waals surface area contributed by atoms with Crippen molar-refractivity contribution in [3.63, 3.8) is 0 Å². The summed E-state index contributed by atoms with van der Waals surface area (Å²) in [6, 6.07) is 90.0. The number of hydrogen-bond donors (Lipinski definition) is 0. The molecule has 0 amide bonds. The topological polar surface area (TPSA) is 43.4 Å². The van der Waals surface area contributed by atoms with Crippen molar-refractivity contribution in [2.75, 3.05) is 9.80 Å². The monoisotopic (exact) mass is 880 g/mol. The van der Waals surface area contributed by atoms with Gasteiger partial charge in [-0.25, -0.2) is 0 Å². The van der Waals surface area contributed by atoms with Crippen LogP contribution in [0.5, 0.6) is 46.0 Å². The van der Waals surface area contributed by atoms with Crippen LogP contribution >= 0.6 is 0 Å². The third kappa shape index (κ3) is 9.29. The average Bonchev–Trinajstić information content (AvgIpc) is 3.39. The van der Waals surface area contributed by atoms with E-state index in [-0.39, 0.29) is 0 Å². The number of rotatable bonds is 14. The Morgan fingerprint density at radius 3 is 0.662 bits per heavy atom. The van der Waals surface area contributed by atoms with Gasteiger partial charge in [0.25, 0.3) is 0 Å². The highest BCUT2D eigenvalue weighted by atomic mass is 16.5. The van der Waals surface area contributed by atoms with Gasteiger partial charge in [-0.3, -0.25) is 0 Å². The van der Waals surface area contributed by atoms with Crippen molar-refractivity contribution in [2.45, 2.75) is 0 Å². The summed E-state index contributed by atoms with van der Waals surface area (Å²) in [5, 5.41) is 4.57. The van der Waals surface area contributed by atoms with E-state index in [1.54, 1.807) is 0 Å². The van der Waals surface area contributed by atoms with Crippen molar-refractivity contribution in [1.82, 2.24) is 0 Å². The molecule has 6 heteroatoms. The van der Waals surface area contributed by atoms with Crippen LogP contribution < -0.4 is 28.7 Å². The van der Waals surface area contributed by atoms with Crippen molar-refractivity contribution >= 4 is 55.7 Å². The molecule has 0 unspecified atom stereocenters. The lowest BCUT2D eigenvalue weighted by Crippen LogP contribution is -2.10. The van der Waals surface area contributed by atoms with E-state index in [9.17, 15) is 0 Å². The highest BCUT2D eigenvalue weighted by Gasteiger charge is 2.18. The third-order valence-corrected chi connectivity index (χ3v) is 11.6. The molecule has 0 aliphatic heterocycles. The molecule has 6 nitrogen and oxygen atoms in total. The van der Waals surface area contributed by atoms with E-state index < -0.39 is 0 Å². The van der Waals surface area contributed by atoms with Crippen molar-refractivity contribution in [2.24, 2.45) is 0 Å². The number of fused-ring (bicyclic) bond motifs is 3. The molecular formula is C62H44N2O4. The Hall–Kier alpha value is -9.26. The molecule has 0 bridgehead atoms. The molecule has 0 aliphatic rings. The lowest BCUT2D eigenvalue weighted by molar-refractivity contribution is 0.482. The van der Waals surface area contributed by atoms with Crippen LogP contribution in [0.2, 0.25) is 0 Å². The summed E-state index contributed by atoms with van der Waals surface area (Å²) in [7, 11) is 0. The summed E-state index contributed by atoms with van der Waals surface area (Å²) in [5.74, 6) is 6.21. The molecule has 0 radical (unpaired) electrons. The smallest absolute Gasteiger partial charge is 0.127 e. The van der Waals surface area contributed by atoms with Gasteiger partial charge in [0, 0.05) is 34.1 Å². The van der Waals surface area contributed by atoms with E-state index in [2.05, 4.69) is 107 Å². The maximum absolute atomic E-state index is 6.17. The minimum Gasteiger partial charge on any atom is -0.457 e. The average molecular weight is 881 g/mol. The molecule has 0 N–H and O–H groups in total. The summed E-state index contributed by atoms with van der Waals surface area (Å²) in [5.41, 5.74) is 6.01. The number of benzene rings is 11. The van der Waals surface area contributed by atoms with Crippen LogP contribution in [0.1, 0.15) is 0 Å². The molecule has 0 aromatic heterocycles. The van der Waals surface area contributed by atoms with Crippen molar-refractivity contribution in [3.8, 4) is 46.0 Å². The molecular weight excluding hydrogens is 837 g/mol. The standard InChI is InChI=1S/C62H44N2O4/c1-5-13-53(14-6-1)65-57-33-23-47(24-34-57)63(48-25-35-58(36-26-48)66-54-15-7-2-8-16-54)51-31-41-61-45(43-51)21-22-46-44-52(32-42-62(46)61)64(49-27-37-59(38-28-49)67-55-17-9-3-10-18-55)50-29-39-60(40-30-50)68-56-19-11-4-12-20-56/h1-44H. The van der Waals surface area contributed by atoms with Gasteiger partial charge in [0.05, 0.1) is 0 Å². The molecule has 326 valence electrons. The third-order valence-electron chi connectivity index (χ3n) is 11.6. The molecule has 68 heavy (non-hydrogen) atoms. The minimum absolute atomic E-state index is 0.762. The summed E-state index contributed by atoms with van der Waals surface area (Å²) >= 11 is 0. The van der Waals surface area contributed by atoms with Gasteiger partial charge >= 0.3 is 0 Å². The molecule has 0 saturated carbocycles. The van der Waals surface area contributed by atoms with E-state index in [0.717, 1.165) is 102 Å². The number of ether oxygens (including phenoxy) is 4. The van der Waals surface area contributed by atoms with Gasteiger partial charge in [0.15, 0.2) is 0 Å². The highest BCUT2D eigenvalue weighted by molar-refractivity contribution is 6.09. The Bertz CT molecular complexity index is 3010. The Kier molecular flexibility index (Phi) is 11.6. The fourth-order valence-corrected chi connectivity index (χ4v) is 8.37. The molecule has 11 aromatic rings. The van der Waals surface area contributed by atoms with Gasteiger partial charge in [-0.15, -0.1) is 0 Å². The largest absolute Gasteiger partial charge is 0.457 e. The molecule has 0 saturated heterocycles. The van der Waals surface area contributed by atoms with E-state index in [0.29, 0.717) is 0 Å². The zero-order chi connectivity index (χ0) is 45.5. The maximum Gasteiger partial charge on any atom is 0.127 e. The van der Waals surface area contributed by atoms with Gasteiger partial charge < -0.3 is 28.7 Å². The van der Waals surface area contributed by atoms with E-state index in [1.165, 1.54) is 0 Å². The lowest BCUT2D eigenvalue weighted by Gasteiger charge is -2.27. The first-order valence-electron chi connectivity index (χ1n) is 22.5. The van der Waals surface area contributed by atoms with E-state index in [4.69, 9.17) is 18.9 Å². The second kappa shape index (κ2) is 19.1. The Morgan fingerprint density at radius 2 is 0.412 bits per heavy atom. The van der Waals surface area contributed by atoms with Crippen molar-refractivity contribution < 1.29 is 18.9 Å². The number of anilines is 6. The number of hydrogen-bond acceptors (Lipinski definition) is 6. The minimum atomic E-state index is 0.762. The second-order valence-electron chi connectivity index (χ2n) is 16.2. The normalized spacial score (nSPS) is 10.9. The molecule has 0 atom stereocenters. The Labute approximate surface area is 395 Å². The van der Waals surface area contributed by atoms with Gasteiger partial charge in [-0.2, -0.15) is 0 Å². The van der Waals surface area contributed by atoms with Gasteiger partial charge in [-0.05, 0) is 191 Å². The first-order valence-corrected chi connectivity index (χ1v) is 22.5. The molecule has 0 aliphatic carbocycles. The van der Waals surface area contributed by atoms with E-state index >= 15 is 0 Å².